The molecular formula is C11H8N2O4. The van der Waals surface area contributed by atoms with E-state index in [0.29, 0.717) is 17.3 Å². The summed E-state index contributed by atoms with van der Waals surface area (Å²) < 4.78 is 0. The molecule has 0 unspecified atom stereocenters. The number of carboxylic acids is 2. The van der Waals surface area contributed by atoms with Crippen LogP contribution in [0.4, 0.5) is 5.69 Å². The smallest absolute Gasteiger partial charge is 0.352 e. The summed E-state index contributed by atoms with van der Waals surface area (Å²) in [7, 11) is 0. The van der Waals surface area contributed by atoms with E-state index in [2.05, 4.69) is 5.32 Å². The van der Waals surface area contributed by atoms with E-state index < -0.39 is 17.6 Å². The number of aliphatic carboxylic acids is 2. The van der Waals surface area contributed by atoms with Crippen molar-refractivity contribution in [2.45, 2.75) is 0 Å². The molecule has 0 aromatic heterocycles. The van der Waals surface area contributed by atoms with Gasteiger partial charge in [0.05, 0.1) is 17.7 Å². The fourth-order valence-corrected chi connectivity index (χ4v) is 1.06. The first-order valence-corrected chi connectivity index (χ1v) is 4.48. The van der Waals surface area contributed by atoms with E-state index >= 15 is 0 Å². The Morgan fingerprint density at radius 1 is 1.24 bits per heavy atom. The summed E-state index contributed by atoms with van der Waals surface area (Å²) in [5, 5.41) is 28.2. The van der Waals surface area contributed by atoms with Gasteiger partial charge in [0.2, 0.25) is 0 Å². The maximum atomic E-state index is 10.7. The lowest BCUT2D eigenvalue weighted by molar-refractivity contribution is -0.134. The van der Waals surface area contributed by atoms with Gasteiger partial charge >= 0.3 is 11.9 Å². The number of nitrogens with zero attached hydrogens (tertiary/aromatic N) is 1. The molecule has 0 heterocycles. The maximum Gasteiger partial charge on any atom is 0.352 e. The Bertz CT molecular complexity index is 511. The summed E-state index contributed by atoms with van der Waals surface area (Å²) in [6, 6.07) is 7.85. The summed E-state index contributed by atoms with van der Waals surface area (Å²) in [6.07, 6.45) is 0.556. The predicted octanol–water partition coefficient (Wildman–Crippen LogP) is 1.02. The average molecular weight is 232 g/mol. The van der Waals surface area contributed by atoms with Crippen molar-refractivity contribution < 1.29 is 19.8 Å². The predicted molar refractivity (Wildman–Crippen MR) is 58.1 cm³/mol. The topological polar surface area (TPSA) is 110 Å². The highest BCUT2D eigenvalue weighted by Crippen LogP contribution is 2.11. The molecule has 0 saturated carbocycles. The van der Waals surface area contributed by atoms with Crippen LogP contribution in [0, 0.1) is 11.3 Å². The van der Waals surface area contributed by atoms with Crippen LogP contribution in [0.25, 0.3) is 0 Å². The fraction of sp³-hybridized carbons (Fsp3) is 0. The number of hydrogen-bond donors (Lipinski definition) is 3. The molecule has 0 aliphatic heterocycles. The van der Waals surface area contributed by atoms with Crippen molar-refractivity contribution in [2.75, 3.05) is 5.32 Å². The molecule has 6 nitrogen and oxygen atoms in total. The minimum absolute atomic E-state index is 0.388. The molecule has 1 aromatic carbocycles. The van der Waals surface area contributed by atoms with Crippen LogP contribution in [0.1, 0.15) is 5.56 Å². The third-order valence-electron chi connectivity index (χ3n) is 1.79. The summed E-state index contributed by atoms with van der Waals surface area (Å²) >= 11 is 0. The number of benzene rings is 1. The zero-order valence-corrected chi connectivity index (χ0v) is 8.54. The van der Waals surface area contributed by atoms with E-state index in [1.807, 2.05) is 6.07 Å². The van der Waals surface area contributed by atoms with E-state index in [1.165, 1.54) is 24.3 Å². The van der Waals surface area contributed by atoms with Crippen molar-refractivity contribution in [1.29, 1.82) is 5.26 Å². The summed E-state index contributed by atoms with van der Waals surface area (Å²) in [5.41, 5.74) is 0.357. The first-order chi connectivity index (χ1) is 8.02. The van der Waals surface area contributed by atoms with Crippen molar-refractivity contribution in [3.05, 3.63) is 41.6 Å². The molecule has 3 N–H and O–H groups in total. The second-order valence-corrected chi connectivity index (χ2v) is 3.02. The number of nitriles is 1. The highest BCUT2D eigenvalue weighted by molar-refractivity contribution is 5.97. The normalized spacial score (nSPS) is 10.4. The molecule has 0 amide bonds. The summed E-state index contributed by atoms with van der Waals surface area (Å²) in [5.74, 6) is -2.74. The van der Waals surface area contributed by atoms with Crippen molar-refractivity contribution in [3.63, 3.8) is 0 Å². The van der Waals surface area contributed by atoms with Crippen LogP contribution in [-0.2, 0) is 9.59 Å². The van der Waals surface area contributed by atoms with E-state index in [4.69, 9.17) is 15.5 Å². The van der Waals surface area contributed by atoms with E-state index in [9.17, 15) is 9.59 Å². The van der Waals surface area contributed by atoms with Crippen LogP contribution in [0.2, 0.25) is 0 Å². The van der Waals surface area contributed by atoms with Gasteiger partial charge in [0.25, 0.3) is 0 Å². The lowest BCUT2D eigenvalue weighted by atomic mass is 10.2. The molecule has 17 heavy (non-hydrogen) atoms. The minimum atomic E-state index is -1.38. The Morgan fingerprint density at radius 2 is 1.82 bits per heavy atom. The van der Waals surface area contributed by atoms with Gasteiger partial charge in [-0.2, -0.15) is 5.26 Å². The third kappa shape index (κ3) is 3.68. The highest BCUT2D eigenvalue weighted by Gasteiger charge is 2.09. The monoisotopic (exact) mass is 232 g/mol. The van der Waals surface area contributed by atoms with Gasteiger partial charge in [-0.3, -0.25) is 0 Å². The van der Waals surface area contributed by atoms with Gasteiger partial charge in [0, 0.05) is 5.69 Å². The number of anilines is 1. The lowest BCUT2D eigenvalue weighted by Gasteiger charge is -2.05. The van der Waals surface area contributed by atoms with Crippen LogP contribution >= 0.6 is 0 Å². The molecule has 86 valence electrons. The van der Waals surface area contributed by atoms with Gasteiger partial charge in [-0.25, -0.2) is 9.59 Å². The molecule has 0 aliphatic rings. The molecule has 0 spiro atoms. The summed E-state index contributed by atoms with van der Waals surface area (Å²) in [4.78, 5) is 21.1. The highest BCUT2D eigenvalue weighted by atomic mass is 16.4. The first-order valence-electron chi connectivity index (χ1n) is 4.48. The van der Waals surface area contributed by atoms with Crippen LogP contribution in [0.3, 0.4) is 0 Å². The van der Waals surface area contributed by atoms with Crippen molar-refractivity contribution in [3.8, 4) is 6.07 Å². The van der Waals surface area contributed by atoms with E-state index in [1.54, 1.807) is 0 Å². The van der Waals surface area contributed by atoms with Crippen molar-refractivity contribution >= 4 is 17.6 Å². The van der Waals surface area contributed by atoms with Gasteiger partial charge in [-0.15, -0.1) is 0 Å². The number of hydrogen-bond acceptors (Lipinski definition) is 4. The molecule has 1 aromatic rings. The van der Waals surface area contributed by atoms with Gasteiger partial charge in [-0.1, -0.05) is 0 Å². The van der Waals surface area contributed by atoms with E-state index in [0.717, 1.165) is 0 Å². The van der Waals surface area contributed by atoms with Gasteiger partial charge in [0.15, 0.2) is 0 Å². The summed E-state index contributed by atoms with van der Waals surface area (Å²) in [6.45, 7) is 0. The maximum absolute atomic E-state index is 10.7. The molecule has 0 radical (unpaired) electrons. The molecule has 0 bridgehead atoms. The molecule has 0 fully saturated rings. The first kappa shape index (κ1) is 12.3. The molecule has 1 rings (SSSR count). The molecule has 0 saturated heterocycles. The van der Waals surface area contributed by atoms with Gasteiger partial charge in [0.1, 0.15) is 5.70 Å². The van der Waals surface area contributed by atoms with Crippen LogP contribution in [0.15, 0.2) is 36.0 Å². The van der Waals surface area contributed by atoms with Crippen molar-refractivity contribution in [2.24, 2.45) is 0 Å². The Morgan fingerprint density at radius 3 is 2.24 bits per heavy atom. The fourth-order valence-electron chi connectivity index (χ4n) is 1.06. The minimum Gasteiger partial charge on any atom is -0.478 e. The Labute approximate surface area is 96.4 Å². The largest absolute Gasteiger partial charge is 0.478 e. The lowest BCUT2D eigenvalue weighted by Crippen LogP contribution is -2.12. The zero-order valence-electron chi connectivity index (χ0n) is 8.54. The second-order valence-electron chi connectivity index (χ2n) is 3.02. The molecule has 0 aliphatic carbocycles. The number of nitrogens with one attached hydrogen (secondary N) is 1. The standard InChI is InChI=1S/C11H8N2O4/c12-6-7-1-3-8(4-2-7)13-9(11(16)17)5-10(14)15/h1-5,13H,(H,14,15)(H,16,17). The zero-order chi connectivity index (χ0) is 12.8. The SMILES string of the molecule is N#Cc1ccc(NC(=CC(=O)O)C(=O)O)cc1. The third-order valence-corrected chi connectivity index (χ3v) is 1.79. The molecular weight excluding hydrogens is 224 g/mol. The van der Waals surface area contributed by atoms with Crippen LogP contribution in [0.5, 0.6) is 0 Å². The van der Waals surface area contributed by atoms with Crippen molar-refractivity contribution in [1.82, 2.24) is 0 Å². The van der Waals surface area contributed by atoms with E-state index in [-0.39, 0.29) is 0 Å². The number of rotatable bonds is 4. The Balaban J connectivity index is 2.91. The molecule has 0 atom stereocenters. The Kier molecular flexibility index (Phi) is 3.84. The van der Waals surface area contributed by atoms with Gasteiger partial charge in [-0.05, 0) is 24.3 Å². The quantitative estimate of drug-likeness (QED) is 0.668. The number of carboxylic acid groups (broad SMARTS) is 2. The Hall–Kier alpha value is -2.81. The second kappa shape index (κ2) is 5.32. The van der Waals surface area contributed by atoms with Gasteiger partial charge < -0.3 is 15.5 Å². The van der Waals surface area contributed by atoms with Crippen LogP contribution < -0.4 is 5.32 Å². The number of carbonyl (C=O) groups is 2. The van der Waals surface area contributed by atoms with Crippen LogP contribution in [-0.4, -0.2) is 22.2 Å². The molecule has 6 heteroatoms. The average Bonchev–Trinajstić information content (AvgIpc) is 2.28.